The second-order valence-electron chi connectivity index (χ2n) is 8.28. The SMILES string of the molecule is O[C@@]1(CN2CCOCC2)CCN(Cc2cccc(CN3CCOCC3)c2)C1. The van der Waals surface area contributed by atoms with E-state index in [2.05, 4.69) is 39.0 Å². The summed E-state index contributed by atoms with van der Waals surface area (Å²) in [6, 6.07) is 8.93. The monoisotopic (exact) mass is 375 g/mol. The zero-order valence-corrected chi connectivity index (χ0v) is 16.3. The van der Waals surface area contributed by atoms with Gasteiger partial charge in [0.1, 0.15) is 0 Å². The van der Waals surface area contributed by atoms with Gasteiger partial charge in [0, 0.05) is 58.9 Å². The van der Waals surface area contributed by atoms with Crippen LogP contribution in [0, 0.1) is 0 Å². The number of benzene rings is 1. The van der Waals surface area contributed by atoms with Crippen LogP contribution in [0.15, 0.2) is 24.3 Å². The lowest BCUT2D eigenvalue weighted by atomic mass is 10.0. The van der Waals surface area contributed by atoms with Crippen molar-refractivity contribution in [3.8, 4) is 0 Å². The van der Waals surface area contributed by atoms with Crippen molar-refractivity contribution in [3.63, 3.8) is 0 Å². The second-order valence-corrected chi connectivity index (χ2v) is 8.28. The number of likely N-dealkylation sites (tertiary alicyclic amines) is 1. The third kappa shape index (κ3) is 5.50. The van der Waals surface area contributed by atoms with Crippen molar-refractivity contribution in [2.75, 3.05) is 72.2 Å². The molecule has 4 rings (SSSR count). The van der Waals surface area contributed by atoms with Crippen LogP contribution >= 0.6 is 0 Å². The fourth-order valence-electron chi connectivity index (χ4n) is 4.48. The molecular weight excluding hydrogens is 342 g/mol. The van der Waals surface area contributed by atoms with E-state index in [0.717, 1.165) is 91.8 Å². The quantitative estimate of drug-likeness (QED) is 0.793. The first-order chi connectivity index (χ1) is 13.2. The van der Waals surface area contributed by atoms with E-state index in [1.807, 2.05) is 0 Å². The molecule has 0 radical (unpaired) electrons. The van der Waals surface area contributed by atoms with Crippen molar-refractivity contribution in [2.45, 2.75) is 25.1 Å². The fourth-order valence-corrected chi connectivity index (χ4v) is 4.48. The van der Waals surface area contributed by atoms with Crippen molar-refractivity contribution in [1.82, 2.24) is 14.7 Å². The van der Waals surface area contributed by atoms with Crippen molar-refractivity contribution in [3.05, 3.63) is 35.4 Å². The van der Waals surface area contributed by atoms with Gasteiger partial charge in [0.05, 0.1) is 32.0 Å². The Morgan fingerprint density at radius 1 is 0.815 bits per heavy atom. The Hall–Kier alpha value is -1.02. The van der Waals surface area contributed by atoms with Crippen LogP contribution in [0.25, 0.3) is 0 Å². The highest BCUT2D eigenvalue weighted by atomic mass is 16.5. The Bertz CT molecular complexity index is 602. The molecule has 1 N–H and O–H groups in total. The van der Waals surface area contributed by atoms with E-state index >= 15 is 0 Å². The minimum atomic E-state index is -0.581. The molecule has 0 amide bonds. The lowest BCUT2D eigenvalue weighted by Crippen LogP contribution is -2.48. The normalized spacial score (nSPS) is 28.6. The number of nitrogens with zero attached hydrogens (tertiary/aromatic N) is 3. The minimum Gasteiger partial charge on any atom is -0.387 e. The Kier molecular flexibility index (Phi) is 6.42. The van der Waals surface area contributed by atoms with Crippen LogP contribution in [0.1, 0.15) is 17.5 Å². The van der Waals surface area contributed by atoms with E-state index in [9.17, 15) is 5.11 Å². The first-order valence-corrected chi connectivity index (χ1v) is 10.3. The molecule has 1 aromatic carbocycles. The van der Waals surface area contributed by atoms with Crippen LogP contribution in [0.4, 0.5) is 0 Å². The molecule has 27 heavy (non-hydrogen) atoms. The molecule has 3 aliphatic rings. The van der Waals surface area contributed by atoms with Crippen LogP contribution in [-0.2, 0) is 22.6 Å². The Balaban J connectivity index is 1.29. The molecule has 6 nitrogen and oxygen atoms in total. The van der Waals surface area contributed by atoms with Crippen molar-refractivity contribution >= 4 is 0 Å². The molecule has 0 bridgehead atoms. The van der Waals surface area contributed by atoms with Gasteiger partial charge in [0.15, 0.2) is 0 Å². The lowest BCUT2D eigenvalue weighted by Gasteiger charge is -2.33. The number of aliphatic hydroxyl groups is 1. The van der Waals surface area contributed by atoms with Crippen LogP contribution in [-0.4, -0.2) is 97.6 Å². The molecule has 0 spiro atoms. The van der Waals surface area contributed by atoms with Gasteiger partial charge in [0.25, 0.3) is 0 Å². The Labute approximate surface area is 162 Å². The summed E-state index contributed by atoms with van der Waals surface area (Å²) in [6.07, 6.45) is 0.859. The van der Waals surface area contributed by atoms with Gasteiger partial charge in [-0.3, -0.25) is 14.7 Å². The van der Waals surface area contributed by atoms with Gasteiger partial charge in [-0.1, -0.05) is 24.3 Å². The summed E-state index contributed by atoms with van der Waals surface area (Å²) in [6.45, 7) is 11.6. The molecular formula is C21H33N3O3. The molecule has 3 fully saturated rings. The molecule has 1 aromatic rings. The van der Waals surface area contributed by atoms with Crippen molar-refractivity contribution in [1.29, 1.82) is 0 Å². The molecule has 0 aliphatic carbocycles. The average molecular weight is 376 g/mol. The summed E-state index contributed by atoms with van der Waals surface area (Å²) < 4.78 is 10.9. The predicted octanol–water partition coefficient (Wildman–Crippen LogP) is 0.788. The maximum Gasteiger partial charge on any atom is 0.0912 e. The molecule has 150 valence electrons. The molecule has 3 aliphatic heterocycles. The van der Waals surface area contributed by atoms with Crippen molar-refractivity contribution in [2.24, 2.45) is 0 Å². The zero-order chi connectivity index (χ0) is 18.5. The summed E-state index contributed by atoms with van der Waals surface area (Å²) in [7, 11) is 0. The molecule has 3 saturated heterocycles. The number of rotatable bonds is 6. The number of morpholine rings is 2. The number of hydrogen-bond acceptors (Lipinski definition) is 6. The van der Waals surface area contributed by atoms with Gasteiger partial charge in [-0.15, -0.1) is 0 Å². The third-order valence-electron chi connectivity index (χ3n) is 5.94. The van der Waals surface area contributed by atoms with E-state index in [1.165, 1.54) is 11.1 Å². The number of ether oxygens (including phenoxy) is 2. The molecule has 3 heterocycles. The van der Waals surface area contributed by atoms with Gasteiger partial charge in [0.2, 0.25) is 0 Å². The molecule has 0 saturated carbocycles. The largest absolute Gasteiger partial charge is 0.387 e. The van der Waals surface area contributed by atoms with E-state index in [0.29, 0.717) is 0 Å². The second kappa shape index (κ2) is 8.99. The van der Waals surface area contributed by atoms with E-state index in [1.54, 1.807) is 0 Å². The predicted molar refractivity (Wildman–Crippen MR) is 105 cm³/mol. The Morgan fingerprint density at radius 2 is 1.41 bits per heavy atom. The highest BCUT2D eigenvalue weighted by molar-refractivity contribution is 5.23. The standard InChI is InChI=1S/C21H33N3O3/c25-21(17-23-8-12-27-13-9-23)4-5-24(18-21)16-20-3-1-2-19(14-20)15-22-6-10-26-11-7-22/h1-3,14,25H,4-13,15-18H2/t21-/m1/s1. The zero-order valence-electron chi connectivity index (χ0n) is 16.3. The van der Waals surface area contributed by atoms with E-state index < -0.39 is 5.60 Å². The minimum absolute atomic E-state index is 0.581. The van der Waals surface area contributed by atoms with Gasteiger partial charge in [-0.2, -0.15) is 0 Å². The first-order valence-electron chi connectivity index (χ1n) is 10.3. The van der Waals surface area contributed by atoms with E-state index in [4.69, 9.17) is 9.47 Å². The molecule has 1 atom stereocenters. The fraction of sp³-hybridized carbons (Fsp3) is 0.714. The first kappa shape index (κ1) is 19.3. The van der Waals surface area contributed by atoms with E-state index in [-0.39, 0.29) is 0 Å². The van der Waals surface area contributed by atoms with Gasteiger partial charge in [-0.05, 0) is 17.5 Å². The number of β-amino-alcohol motifs (C(OH)–C–C–N with tert-alkyl or cyclic N) is 1. The Morgan fingerprint density at radius 3 is 2.07 bits per heavy atom. The summed E-state index contributed by atoms with van der Waals surface area (Å²) in [4.78, 5) is 7.20. The van der Waals surface area contributed by atoms with Crippen LogP contribution < -0.4 is 0 Å². The number of hydrogen-bond donors (Lipinski definition) is 1. The maximum atomic E-state index is 11.0. The highest BCUT2D eigenvalue weighted by Crippen LogP contribution is 2.25. The van der Waals surface area contributed by atoms with Crippen molar-refractivity contribution < 1.29 is 14.6 Å². The summed E-state index contributed by atoms with van der Waals surface area (Å²) in [5, 5.41) is 11.0. The maximum absolute atomic E-state index is 11.0. The van der Waals surface area contributed by atoms with Crippen LogP contribution in [0.5, 0.6) is 0 Å². The molecule has 0 aromatic heterocycles. The molecule has 0 unspecified atom stereocenters. The van der Waals surface area contributed by atoms with Crippen LogP contribution in [0.2, 0.25) is 0 Å². The summed E-state index contributed by atoms with van der Waals surface area (Å²) >= 11 is 0. The van der Waals surface area contributed by atoms with Crippen LogP contribution in [0.3, 0.4) is 0 Å². The van der Waals surface area contributed by atoms with Gasteiger partial charge < -0.3 is 14.6 Å². The summed E-state index contributed by atoms with van der Waals surface area (Å²) in [5.41, 5.74) is 2.14. The average Bonchev–Trinajstić information content (AvgIpc) is 3.04. The smallest absolute Gasteiger partial charge is 0.0912 e. The third-order valence-corrected chi connectivity index (χ3v) is 5.94. The molecule has 6 heteroatoms. The van der Waals surface area contributed by atoms with Gasteiger partial charge >= 0.3 is 0 Å². The van der Waals surface area contributed by atoms with Gasteiger partial charge in [-0.25, -0.2) is 0 Å². The summed E-state index contributed by atoms with van der Waals surface area (Å²) in [5.74, 6) is 0. The lowest BCUT2D eigenvalue weighted by molar-refractivity contribution is -0.0266. The topological polar surface area (TPSA) is 48.4 Å². The highest BCUT2D eigenvalue weighted by Gasteiger charge is 2.37.